The molecule has 0 bridgehead atoms. The molecule has 1 fully saturated rings. The van der Waals surface area contributed by atoms with Crippen LogP contribution in [-0.4, -0.2) is 49.7 Å². The first-order valence-corrected chi connectivity index (χ1v) is 12.8. The standard InChI is InChI=1S/C25H34FN3O2.C4H6O2/c1-19(2)18-31-24-10-6-20(7-11-24)16-27-25(30)29(23-12-14-28(3)15-13-23)17-21-4-8-22(26)9-5-21;1-2-3-4(5)6/h4-11,19,23H,12-18H2,1-3H3,(H,27,30);2-3H,1H3,(H,5,6)/b;3-2-. The van der Waals surface area contributed by atoms with Gasteiger partial charge in [-0.1, -0.05) is 44.2 Å². The molecule has 2 aromatic carbocycles. The van der Waals surface area contributed by atoms with Crippen LogP contribution in [0.2, 0.25) is 0 Å². The van der Waals surface area contributed by atoms with Crippen LogP contribution in [0.25, 0.3) is 0 Å². The Hall–Kier alpha value is -3.39. The van der Waals surface area contributed by atoms with E-state index in [-0.39, 0.29) is 17.9 Å². The molecule has 1 heterocycles. The molecule has 2 aromatic rings. The lowest BCUT2D eigenvalue weighted by Crippen LogP contribution is -3.10. The minimum absolute atomic E-state index is 0.0750. The van der Waals surface area contributed by atoms with Crippen LogP contribution in [0.1, 0.15) is 44.7 Å². The first kappa shape index (κ1) is 29.8. The SMILES string of the molecule is C/C=C\C(=O)[O-].CC(C)COc1ccc(CNC(=O)N(Cc2ccc(F)cc2)C2CC[NH+](C)CC2)cc1. The summed E-state index contributed by atoms with van der Waals surface area (Å²) in [5.74, 6) is -0.0799. The molecule has 8 heteroatoms. The molecule has 1 aliphatic rings. The van der Waals surface area contributed by atoms with Crippen molar-refractivity contribution >= 4 is 12.0 Å². The number of carbonyl (C=O) groups is 2. The molecule has 0 radical (unpaired) electrons. The molecule has 0 aliphatic carbocycles. The van der Waals surface area contributed by atoms with Gasteiger partial charge in [-0.3, -0.25) is 0 Å². The summed E-state index contributed by atoms with van der Waals surface area (Å²) in [6.45, 7) is 9.59. The van der Waals surface area contributed by atoms with Crippen molar-refractivity contribution in [3.63, 3.8) is 0 Å². The predicted octanol–water partition coefficient (Wildman–Crippen LogP) is 2.56. The minimum atomic E-state index is -1.14. The van der Waals surface area contributed by atoms with Crippen LogP contribution < -0.4 is 20.1 Å². The van der Waals surface area contributed by atoms with Gasteiger partial charge < -0.3 is 29.8 Å². The van der Waals surface area contributed by atoms with Crippen LogP contribution in [0.5, 0.6) is 5.75 Å². The third-order valence-corrected chi connectivity index (χ3v) is 6.03. The van der Waals surface area contributed by atoms with E-state index in [2.05, 4.69) is 26.2 Å². The summed E-state index contributed by atoms with van der Waals surface area (Å²) in [7, 11) is 2.19. The predicted molar refractivity (Wildman–Crippen MR) is 140 cm³/mol. The summed E-state index contributed by atoms with van der Waals surface area (Å²) in [6, 6.07) is 14.4. The lowest BCUT2D eigenvalue weighted by Gasteiger charge is -2.36. The molecule has 2 amide bonds. The number of carbonyl (C=O) groups excluding carboxylic acids is 2. The van der Waals surface area contributed by atoms with Crippen LogP contribution in [0, 0.1) is 11.7 Å². The number of carboxylic acid groups (broad SMARTS) is 1. The third-order valence-electron chi connectivity index (χ3n) is 6.03. The highest BCUT2D eigenvalue weighted by atomic mass is 19.1. The second-order valence-corrected chi connectivity index (χ2v) is 9.77. The fourth-order valence-electron chi connectivity index (χ4n) is 3.94. The smallest absolute Gasteiger partial charge is 0.318 e. The number of benzene rings is 2. The number of ether oxygens (including phenoxy) is 1. The van der Waals surface area contributed by atoms with Gasteiger partial charge in [-0.2, -0.15) is 0 Å². The average Bonchev–Trinajstić information content (AvgIpc) is 2.87. The van der Waals surface area contributed by atoms with E-state index in [1.54, 1.807) is 19.1 Å². The van der Waals surface area contributed by atoms with Gasteiger partial charge in [-0.25, -0.2) is 9.18 Å². The Morgan fingerprint density at radius 3 is 2.22 bits per heavy atom. The Bertz CT molecular complexity index is 985. The molecule has 3 rings (SSSR count). The second-order valence-electron chi connectivity index (χ2n) is 9.77. The van der Waals surface area contributed by atoms with Crippen molar-refractivity contribution in [2.75, 3.05) is 26.7 Å². The number of hydrogen-bond acceptors (Lipinski definition) is 4. The zero-order chi connectivity index (χ0) is 27.2. The van der Waals surface area contributed by atoms with Crippen molar-refractivity contribution in [2.45, 2.75) is 52.7 Å². The monoisotopic (exact) mass is 513 g/mol. The summed E-state index contributed by atoms with van der Waals surface area (Å²) in [5, 5.41) is 12.5. The van der Waals surface area contributed by atoms with Crippen molar-refractivity contribution in [3.8, 4) is 5.75 Å². The minimum Gasteiger partial charge on any atom is -0.545 e. The molecule has 0 unspecified atom stereocenters. The number of urea groups is 1. The number of likely N-dealkylation sites (tertiary alicyclic amines) is 1. The second kappa shape index (κ2) is 15.7. The summed E-state index contributed by atoms with van der Waals surface area (Å²) in [4.78, 5) is 25.9. The van der Waals surface area contributed by atoms with Gasteiger partial charge in [0.1, 0.15) is 11.6 Å². The highest BCUT2D eigenvalue weighted by Gasteiger charge is 2.28. The van der Waals surface area contributed by atoms with E-state index >= 15 is 0 Å². The summed E-state index contributed by atoms with van der Waals surface area (Å²) >= 11 is 0. The zero-order valence-electron chi connectivity index (χ0n) is 22.3. The number of piperidine rings is 1. The Labute approximate surface area is 219 Å². The van der Waals surface area contributed by atoms with Crippen LogP contribution >= 0.6 is 0 Å². The van der Waals surface area contributed by atoms with Crippen LogP contribution in [0.4, 0.5) is 9.18 Å². The van der Waals surface area contributed by atoms with Gasteiger partial charge in [0.15, 0.2) is 0 Å². The average molecular weight is 514 g/mol. The van der Waals surface area contributed by atoms with E-state index < -0.39 is 5.97 Å². The number of allylic oxidation sites excluding steroid dienone is 1. The van der Waals surface area contributed by atoms with Gasteiger partial charge in [0.25, 0.3) is 0 Å². The molecule has 0 spiro atoms. The van der Waals surface area contributed by atoms with Gasteiger partial charge in [-0.05, 0) is 54.3 Å². The molecule has 0 aromatic heterocycles. The number of amides is 2. The summed E-state index contributed by atoms with van der Waals surface area (Å²) in [6.07, 6.45) is 4.33. The lowest BCUT2D eigenvalue weighted by molar-refractivity contribution is -0.885. The number of halogens is 1. The maximum atomic E-state index is 13.3. The normalized spacial score (nSPS) is 17.1. The number of carboxylic acids is 1. The van der Waals surface area contributed by atoms with Gasteiger partial charge in [0.2, 0.25) is 0 Å². The Balaban J connectivity index is 0.000000717. The van der Waals surface area contributed by atoms with E-state index in [0.29, 0.717) is 25.6 Å². The molecule has 0 atom stereocenters. The van der Waals surface area contributed by atoms with Crippen molar-refractivity contribution < 1.29 is 28.7 Å². The van der Waals surface area contributed by atoms with E-state index in [4.69, 9.17) is 4.74 Å². The molecule has 37 heavy (non-hydrogen) atoms. The third kappa shape index (κ3) is 11.5. The van der Waals surface area contributed by atoms with E-state index in [9.17, 15) is 19.1 Å². The van der Waals surface area contributed by atoms with Crippen LogP contribution in [0.15, 0.2) is 60.7 Å². The fraction of sp³-hybridized carbons (Fsp3) is 0.448. The molecular formula is C29H40FN3O4. The van der Waals surface area contributed by atoms with E-state index in [1.807, 2.05) is 29.2 Å². The number of hydrogen-bond donors (Lipinski definition) is 2. The number of rotatable bonds is 9. The van der Waals surface area contributed by atoms with E-state index in [1.165, 1.54) is 23.1 Å². The van der Waals surface area contributed by atoms with Gasteiger partial charge in [0, 0.05) is 32.0 Å². The van der Waals surface area contributed by atoms with Crippen LogP contribution in [-0.2, 0) is 17.9 Å². The first-order valence-electron chi connectivity index (χ1n) is 12.8. The highest BCUT2D eigenvalue weighted by molar-refractivity contribution is 5.77. The van der Waals surface area contributed by atoms with Crippen LogP contribution in [0.3, 0.4) is 0 Å². The fourth-order valence-corrected chi connectivity index (χ4v) is 3.94. The van der Waals surface area contributed by atoms with Crippen molar-refractivity contribution in [3.05, 3.63) is 77.6 Å². The molecule has 1 aliphatic heterocycles. The maximum absolute atomic E-state index is 13.3. The van der Waals surface area contributed by atoms with Crippen molar-refractivity contribution in [1.29, 1.82) is 0 Å². The van der Waals surface area contributed by atoms with Gasteiger partial charge >= 0.3 is 6.03 Å². The Kier molecular flexibility index (Phi) is 12.6. The first-order chi connectivity index (χ1) is 17.7. The number of nitrogens with one attached hydrogen (secondary N) is 2. The Morgan fingerprint density at radius 2 is 1.70 bits per heavy atom. The van der Waals surface area contributed by atoms with E-state index in [0.717, 1.165) is 48.9 Å². The molecule has 202 valence electrons. The molecule has 1 saturated heterocycles. The van der Waals surface area contributed by atoms with Crippen molar-refractivity contribution in [2.24, 2.45) is 5.92 Å². The largest absolute Gasteiger partial charge is 0.545 e. The van der Waals surface area contributed by atoms with Gasteiger partial charge in [0.05, 0.1) is 32.7 Å². The molecule has 7 nitrogen and oxygen atoms in total. The quantitative estimate of drug-likeness (QED) is 0.505. The highest BCUT2D eigenvalue weighted by Crippen LogP contribution is 2.17. The molecular weight excluding hydrogens is 473 g/mol. The molecule has 2 N–H and O–H groups in total. The Morgan fingerprint density at radius 1 is 1.11 bits per heavy atom. The topological polar surface area (TPSA) is 86.1 Å². The zero-order valence-corrected chi connectivity index (χ0v) is 22.3. The van der Waals surface area contributed by atoms with Gasteiger partial charge in [-0.15, -0.1) is 0 Å². The van der Waals surface area contributed by atoms with Crippen molar-refractivity contribution in [1.82, 2.24) is 10.2 Å². The maximum Gasteiger partial charge on any atom is 0.318 e. The summed E-state index contributed by atoms with van der Waals surface area (Å²) in [5.41, 5.74) is 1.97. The summed E-state index contributed by atoms with van der Waals surface area (Å²) < 4.78 is 19.0. The number of quaternary nitrogens is 1. The number of nitrogens with zero attached hydrogens (tertiary/aromatic N) is 1. The molecule has 0 saturated carbocycles. The lowest BCUT2D eigenvalue weighted by atomic mass is 10.0. The number of aliphatic carboxylic acids is 1.